The molecule has 7 fully saturated rings. The summed E-state index contributed by atoms with van der Waals surface area (Å²) < 4.78 is 42.9. The Kier molecular flexibility index (Phi) is 14.3. The van der Waals surface area contributed by atoms with Gasteiger partial charge in [-0.15, -0.1) is 0 Å². The third-order valence-corrected chi connectivity index (χ3v) is 17.7. The molecule has 4 aliphatic carbocycles. The minimum Gasteiger partial charge on any atom is -0.456 e. The van der Waals surface area contributed by atoms with E-state index >= 15 is 0 Å². The molecule has 18 nitrogen and oxygen atoms in total. The predicted octanol–water partition coefficient (Wildman–Crippen LogP) is -0.0281. The molecular formula is C47H72O18. The van der Waals surface area contributed by atoms with Crippen molar-refractivity contribution in [2.45, 2.75) is 176 Å². The number of benzene rings is 1. The molecule has 65 heavy (non-hydrogen) atoms. The number of carbonyl (C=O) groups is 1. The summed E-state index contributed by atoms with van der Waals surface area (Å²) in [4.78, 5) is 13.6. The minimum absolute atomic E-state index is 0.0188. The number of esters is 1. The van der Waals surface area contributed by atoms with E-state index in [9.17, 15) is 55.9 Å². The van der Waals surface area contributed by atoms with Gasteiger partial charge in [0.15, 0.2) is 18.4 Å². The van der Waals surface area contributed by atoms with Crippen LogP contribution in [0.25, 0.3) is 0 Å². The number of hydrogen-bond donors (Lipinski definition) is 10. The van der Waals surface area contributed by atoms with Crippen molar-refractivity contribution in [2.24, 2.45) is 46.3 Å². The molecule has 368 valence electrons. The first kappa shape index (κ1) is 49.5. The van der Waals surface area contributed by atoms with E-state index in [1.165, 1.54) is 0 Å². The third kappa shape index (κ3) is 8.31. The van der Waals surface area contributed by atoms with Crippen LogP contribution in [0.5, 0.6) is 0 Å². The van der Waals surface area contributed by atoms with Crippen molar-refractivity contribution >= 4 is 5.97 Å². The summed E-state index contributed by atoms with van der Waals surface area (Å²) in [6.07, 6.45) is -14.3. The van der Waals surface area contributed by atoms with Gasteiger partial charge in [0.05, 0.1) is 49.3 Å². The fourth-order valence-electron chi connectivity index (χ4n) is 13.9. The van der Waals surface area contributed by atoms with Crippen molar-refractivity contribution in [3.8, 4) is 0 Å². The molecule has 10 N–H and O–H groups in total. The monoisotopic (exact) mass is 924 g/mol. The molecule has 0 amide bonds. The van der Waals surface area contributed by atoms with Crippen LogP contribution in [0.4, 0.5) is 0 Å². The van der Waals surface area contributed by atoms with Crippen molar-refractivity contribution in [1.82, 2.24) is 0 Å². The standard InChI is InChI=1S/C47H72O18/c1-22(21-60-42-39(55)37(53)35(51)31(19-48)63-42)11-14-47(59-5)23(2)34-28(65-47)16-27-25-15-33(50)46(58)18-30(61-41(57)24-9-7-6-8-10-24)29(17-45(46,4)26(25)12-13-44(27,34)3)62-43-40(56)38(54)36(52)32(20-49)64-43/h6-10,22-23,25-40,42-43,48-56,58H,11-21H2,1-5H3/t22-,23?,25-,26+,27+,28?,29-,30-,31-,32-,33-,34?,35-,36-,37+,38+,39-,40-,42-,43-,44+,45-,46+,47?/m1/s1. The van der Waals surface area contributed by atoms with Crippen LogP contribution < -0.4 is 0 Å². The van der Waals surface area contributed by atoms with Gasteiger partial charge in [-0.2, -0.15) is 0 Å². The Morgan fingerprint density at radius 2 is 1.46 bits per heavy atom. The average molecular weight is 925 g/mol. The Morgan fingerprint density at radius 3 is 2.09 bits per heavy atom. The lowest BCUT2D eigenvalue weighted by atomic mass is 9.42. The number of carbonyl (C=O) groups excluding carboxylic acids is 1. The minimum atomic E-state index is -1.71. The highest BCUT2D eigenvalue weighted by atomic mass is 16.7. The third-order valence-electron chi connectivity index (χ3n) is 17.7. The average Bonchev–Trinajstić information content (AvgIpc) is 3.75. The maximum atomic E-state index is 13.6. The molecule has 24 atom stereocenters. The quantitative estimate of drug-likeness (QED) is 0.0919. The summed E-state index contributed by atoms with van der Waals surface area (Å²) in [7, 11) is 1.67. The molecule has 7 aliphatic rings. The summed E-state index contributed by atoms with van der Waals surface area (Å²) in [6.45, 7) is 7.42. The highest BCUT2D eigenvalue weighted by molar-refractivity contribution is 5.89. The smallest absolute Gasteiger partial charge is 0.338 e. The number of methoxy groups -OCH3 is 1. The summed E-state index contributed by atoms with van der Waals surface area (Å²) in [5.41, 5.74) is -2.62. The topological polar surface area (TPSA) is 284 Å². The van der Waals surface area contributed by atoms with E-state index in [0.717, 1.165) is 12.8 Å². The fourth-order valence-corrected chi connectivity index (χ4v) is 13.9. The van der Waals surface area contributed by atoms with E-state index in [2.05, 4.69) is 13.8 Å². The van der Waals surface area contributed by atoms with Gasteiger partial charge in [-0.3, -0.25) is 0 Å². The van der Waals surface area contributed by atoms with Gasteiger partial charge < -0.3 is 84.2 Å². The normalized spacial score (nSPS) is 51.0. The maximum absolute atomic E-state index is 13.6. The Labute approximate surface area is 379 Å². The number of aliphatic hydroxyl groups is 10. The van der Waals surface area contributed by atoms with Crippen LogP contribution in [0.2, 0.25) is 0 Å². The van der Waals surface area contributed by atoms with Gasteiger partial charge in [0.2, 0.25) is 0 Å². The zero-order valence-corrected chi connectivity index (χ0v) is 38.0. The molecule has 3 heterocycles. The number of fused-ring (bicyclic) bond motifs is 7. The molecule has 0 bridgehead atoms. The SMILES string of the molecule is COC1(CC[C@@H](C)CO[C@@H]2O[C@H](CO)[C@@H](O)[C@H](O)[C@H]2O)OC2C[C@H]3[C@@H]4C[C@@H](O)[C@@]5(O)C[C@@H](OC(=O)c6ccccc6)[C@H](O[C@@H]6O[C@H](CO)[C@@H](O)[C@H](O)[C@H]6O)C[C@]5(C)[C@H]4CC[C@]3(C)C2C1C. The van der Waals surface area contributed by atoms with Crippen LogP contribution in [0.1, 0.15) is 89.4 Å². The van der Waals surface area contributed by atoms with Crippen LogP contribution >= 0.6 is 0 Å². The molecule has 1 aromatic carbocycles. The Morgan fingerprint density at radius 1 is 0.831 bits per heavy atom. The van der Waals surface area contributed by atoms with Crippen LogP contribution in [0, 0.1) is 46.3 Å². The second-order valence-electron chi connectivity index (χ2n) is 21.0. The first-order valence-corrected chi connectivity index (χ1v) is 23.5. The Bertz CT molecular complexity index is 1790. The van der Waals surface area contributed by atoms with Gasteiger partial charge in [0, 0.05) is 31.3 Å². The van der Waals surface area contributed by atoms with Crippen molar-refractivity contribution in [1.29, 1.82) is 0 Å². The molecule has 18 heteroatoms. The first-order chi connectivity index (χ1) is 30.8. The van der Waals surface area contributed by atoms with Gasteiger partial charge in [-0.1, -0.05) is 45.9 Å². The molecule has 0 aromatic heterocycles. The zero-order valence-electron chi connectivity index (χ0n) is 38.0. The highest BCUT2D eigenvalue weighted by Gasteiger charge is 2.73. The van der Waals surface area contributed by atoms with E-state index in [0.29, 0.717) is 25.7 Å². The van der Waals surface area contributed by atoms with Crippen molar-refractivity contribution < 1.29 is 89.0 Å². The molecule has 8 rings (SSSR count). The van der Waals surface area contributed by atoms with Crippen molar-refractivity contribution in [3.63, 3.8) is 0 Å². The van der Waals surface area contributed by atoms with Crippen LogP contribution in [-0.2, 0) is 33.2 Å². The van der Waals surface area contributed by atoms with Gasteiger partial charge in [0.1, 0.15) is 54.9 Å². The van der Waals surface area contributed by atoms with Crippen LogP contribution in [0.15, 0.2) is 30.3 Å². The molecule has 3 saturated heterocycles. The summed E-state index contributed by atoms with van der Waals surface area (Å²) >= 11 is 0. The number of ether oxygens (including phenoxy) is 7. The molecule has 1 aromatic rings. The molecule has 4 saturated carbocycles. The molecule has 0 spiro atoms. The lowest BCUT2D eigenvalue weighted by Crippen LogP contribution is -2.71. The molecular weight excluding hydrogens is 852 g/mol. The number of rotatable bonds is 13. The van der Waals surface area contributed by atoms with E-state index in [-0.39, 0.29) is 72.0 Å². The van der Waals surface area contributed by atoms with E-state index in [1.807, 2.05) is 13.8 Å². The fraction of sp³-hybridized carbons (Fsp3) is 0.851. The summed E-state index contributed by atoms with van der Waals surface area (Å²) in [5, 5.41) is 108. The van der Waals surface area contributed by atoms with Crippen LogP contribution in [-0.4, -0.2) is 181 Å². The lowest BCUT2D eigenvalue weighted by molar-refractivity contribution is -0.339. The zero-order chi connectivity index (χ0) is 47.0. The van der Waals surface area contributed by atoms with Gasteiger partial charge in [0.25, 0.3) is 0 Å². The summed E-state index contributed by atoms with van der Waals surface area (Å²) in [5.74, 6) is -1.51. The highest BCUT2D eigenvalue weighted by Crippen LogP contribution is 2.72. The van der Waals surface area contributed by atoms with Crippen molar-refractivity contribution in [3.05, 3.63) is 35.9 Å². The van der Waals surface area contributed by atoms with Crippen LogP contribution in [0.3, 0.4) is 0 Å². The molecule has 0 radical (unpaired) electrons. The Hall–Kier alpha value is -1.95. The predicted molar refractivity (Wildman–Crippen MR) is 225 cm³/mol. The number of hydrogen-bond acceptors (Lipinski definition) is 18. The molecule has 3 aliphatic heterocycles. The van der Waals surface area contributed by atoms with Gasteiger partial charge in [-0.05, 0) is 85.7 Å². The lowest BCUT2D eigenvalue weighted by Gasteiger charge is -2.66. The number of aliphatic hydroxyl groups excluding tert-OH is 9. The first-order valence-electron chi connectivity index (χ1n) is 23.5. The largest absolute Gasteiger partial charge is 0.456 e. The summed E-state index contributed by atoms with van der Waals surface area (Å²) in [6, 6.07) is 8.35. The van der Waals surface area contributed by atoms with E-state index in [4.69, 9.17) is 33.2 Å². The van der Waals surface area contributed by atoms with Gasteiger partial charge in [-0.25, -0.2) is 4.79 Å². The van der Waals surface area contributed by atoms with E-state index in [1.54, 1.807) is 37.4 Å². The van der Waals surface area contributed by atoms with Gasteiger partial charge >= 0.3 is 5.97 Å². The van der Waals surface area contributed by atoms with E-state index < -0.39 is 116 Å². The second-order valence-corrected chi connectivity index (χ2v) is 21.0. The maximum Gasteiger partial charge on any atom is 0.338 e. The second kappa shape index (κ2) is 18.8. The van der Waals surface area contributed by atoms with Crippen molar-refractivity contribution in [2.75, 3.05) is 26.9 Å². The molecule has 4 unspecified atom stereocenters. The Balaban J connectivity index is 0.982.